The molecule has 0 aliphatic carbocycles. The molecule has 1 atom stereocenters. The monoisotopic (exact) mass is 201 g/mol. The number of hydrogen-bond donors (Lipinski definition) is 2. The minimum absolute atomic E-state index is 0.289. The van der Waals surface area contributed by atoms with Gasteiger partial charge < -0.3 is 5.11 Å². The van der Waals surface area contributed by atoms with E-state index in [9.17, 15) is 4.79 Å². The lowest BCUT2D eigenvalue weighted by Gasteiger charge is -2.24. The third kappa shape index (κ3) is 4.15. The molecule has 3 nitrogen and oxygen atoms in total. The smallest absolute Gasteiger partial charge is 0.321 e. The fraction of sp³-hybridized carbons (Fsp3) is 0.444. The van der Waals surface area contributed by atoms with E-state index in [1.165, 1.54) is 0 Å². The summed E-state index contributed by atoms with van der Waals surface area (Å²) in [6.07, 6.45) is 3.34. The normalized spacial score (nSPS) is 12.5. The van der Waals surface area contributed by atoms with Crippen molar-refractivity contribution < 1.29 is 9.90 Å². The topological polar surface area (TPSA) is 40.5 Å². The third-order valence-electron chi connectivity index (χ3n) is 1.63. The molecule has 0 radical (unpaired) electrons. The SMILES string of the molecule is C=CCN(CC=C)[C@@H](CS)C(=O)O. The van der Waals surface area contributed by atoms with E-state index in [-0.39, 0.29) is 5.75 Å². The number of carboxylic acid groups (broad SMARTS) is 1. The van der Waals surface area contributed by atoms with Crippen LogP contribution in [0.5, 0.6) is 0 Å². The van der Waals surface area contributed by atoms with Gasteiger partial charge >= 0.3 is 5.97 Å². The van der Waals surface area contributed by atoms with Crippen molar-refractivity contribution in [1.82, 2.24) is 4.90 Å². The Morgan fingerprint density at radius 2 is 1.92 bits per heavy atom. The molecule has 74 valence electrons. The lowest BCUT2D eigenvalue weighted by atomic mass is 10.2. The van der Waals surface area contributed by atoms with Gasteiger partial charge in [0.25, 0.3) is 0 Å². The number of rotatable bonds is 7. The van der Waals surface area contributed by atoms with Crippen LogP contribution in [-0.2, 0) is 4.79 Å². The third-order valence-corrected chi connectivity index (χ3v) is 1.97. The van der Waals surface area contributed by atoms with E-state index < -0.39 is 12.0 Å². The van der Waals surface area contributed by atoms with E-state index in [1.807, 2.05) is 0 Å². The second kappa shape index (κ2) is 6.74. The van der Waals surface area contributed by atoms with Gasteiger partial charge in [0.15, 0.2) is 0 Å². The fourth-order valence-corrected chi connectivity index (χ4v) is 1.40. The van der Waals surface area contributed by atoms with Crippen LogP contribution >= 0.6 is 12.6 Å². The molecule has 1 N–H and O–H groups in total. The molecule has 0 aliphatic heterocycles. The van der Waals surface area contributed by atoms with E-state index in [0.29, 0.717) is 13.1 Å². The van der Waals surface area contributed by atoms with Gasteiger partial charge in [-0.3, -0.25) is 9.69 Å². The molecule has 0 aromatic heterocycles. The highest BCUT2D eigenvalue weighted by Crippen LogP contribution is 2.02. The summed E-state index contributed by atoms with van der Waals surface area (Å²) in [5.41, 5.74) is 0. The molecule has 0 amide bonds. The van der Waals surface area contributed by atoms with Gasteiger partial charge in [0.1, 0.15) is 6.04 Å². The second-order valence-corrected chi connectivity index (χ2v) is 2.93. The van der Waals surface area contributed by atoms with Crippen molar-refractivity contribution in [2.75, 3.05) is 18.8 Å². The molecule has 0 bridgehead atoms. The van der Waals surface area contributed by atoms with Crippen molar-refractivity contribution in [2.24, 2.45) is 0 Å². The molecule has 0 rings (SSSR count). The molecule has 0 saturated heterocycles. The van der Waals surface area contributed by atoms with Crippen molar-refractivity contribution in [2.45, 2.75) is 6.04 Å². The maximum Gasteiger partial charge on any atom is 0.321 e. The highest BCUT2D eigenvalue weighted by molar-refractivity contribution is 7.80. The Labute approximate surface area is 84.2 Å². The first kappa shape index (κ1) is 12.3. The average molecular weight is 201 g/mol. The van der Waals surface area contributed by atoms with E-state index in [4.69, 9.17) is 5.11 Å². The van der Waals surface area contributed by atoms with Crippen molar-refractivity contribution in [3.63, 3.8) is 0 Å². The molecular formula is C9H15NO2S. The summed E-state index contributed by atoms with van der Waals surface area (Å²) >= 11 is 3.99. The van der Waals surface area contributed by atoms with Gasteiger partial charge in [0.05, 0.1) is 0 Å². The first-order chi connectivity index (χ1) is 6.17. The minimum atomic E-state index is -0.862. The Morgan fingerprint density at radius 1 is 1.46 bits per heavy atom. The van der Waals surface area contributed by atoms with E-state index >= 15 is 0 Å². The summed E-state index contributed by atoms with van der Waals surface area (Å²) in [6, 6.07) is -0.570. The Morgan fingerprint density at radius 3 is 2.15 bits per heavy atom. The molecule has 0 fully saturated rings. The van der Waals surface area contributed by atoms with Crippen molar-refractivity contribution in [3.05, 3.63) is 25.3 Å². The van der Waals surface area contributed by atoms with Gasteiger partial charge in [-0.25, -0.2) is 0 Å². The fourth-order valence-electron chi connectivity index (χ4n) is 1.01. The first-order valence-electron chi connectivity index (χ1n) is 3.96. The van der Waals surface area contributed by atoms with Crippen LogP contribution < -0.4 is 0 Å². The molecule has 4 heteroatoms. The highest BCUT2D eigenvalue weighted by atomic mass is 32.1. The Kier molecular flexibility index (Phi) is 6.36. The summed E-state index contributed by atoms with van der Waals surface area (Å²) < 4.78 is 0. The van der Waals surface area contributed by atoms with Crippen LogP contribution in [0.3, 0.4) is 0 Å². The maximum atomic E-state index is 10.8. The number of thiol groups is 1. The summed E-state index contributed by atoms with van der Waals surface area (Å²) in [6.45, 7) is 8.19. The molecule has 13 heavy (non-hydrogen) atoms. The zero-order valence-corrected chi connectivity index (χ0v) is 8.41. The molecule has 0 aromatic carbocycles. The molecule has 0 spiro atoms. The van der Waals surface area contributed by atoms with Crippen LogP contribution in [0.15, 0.2) is 25.3 Å². The number of nitrogens with zero attached hydrogens (tertiary/aromatic N) is 1. The summed E-state index contributed by atoms with van der Waals surface area (Å²) in [7, 11) is 0. The van der Waals surface area contributed by atoms with Gasteiger partial charge in [-0.05, 0) is 0 Å². The van der Waals surface area contributed by atoms with Gasteiger partial charge in [-0.2, -0.15) is 12.6 Å². The summed E-state index contributed by atoms with van der Waals surface area (Å²) in [5, 5.41) is 8.84. The van der Waals surface area contributed by atoms with Gasteiger partial charge in [0.2, 0.25) is 0 Å². The van der Waals surface area contributed by atoms with Crippen LogP contribution in [0.2, 0.25) is 0 Å². The van der Waals surface area contributed by atoms with Crippen LogP contribution in [0.4, 0.5) is 0 Å². The van der Waals surface area contributed by atoms with Gasteiger partial charge in [0, 0.05) is 18.8 Å². The first-order valence-corrected chi connectivity index (χ1v) is 4.60. The van der Waals surface area contributed by atoms with Crippen LogP contribution in [0, 0.1) is 0 Å². The lowest BCUT2D eigenvalue weighted by molar-refractivity contribution is -0.141. The maximum absolute atomic E-state index is 10.8. The second-order valence-electron chi connectivity index (χ2n) is 2.57. The van der Waals surface area contributed by atoms with Crippen molar-refractivity contribution in [3.8, 4) is 0 Å². The van der Waals surface area contributed by atoms with E-state index in [1.54, 1.807) is 17.1 Å². The van der Waals surface area contributed by atoms with Crippen LogP contribution in [-0.4, -0.2) is 40.9 Å². The van der Waals surface area contributed by atoms with Crippen molar-refractivity contribution in [1.29, 1.82) is 0 Å². The van der Waals surface area contributed by atoms with E-state index in [0.717, 1.165) is 0 Å². The quantitative estimate of drug-likeness (QED) is 0.478. The average Bonchev–Trinajstić information content (AvgIpc) is 2.05. The van der Waals surface area contributed by atoms with Crippen LogP contribution in [0.25, 0.3) is 0 Å². The van der Waals surface area contributed by atoms with E-state index in [2.05, 4.69) is 25.8 Å². The Balaban J connectivity index is 4.36. The Hall–Kier alpha value is -0.740. The number of aliphatic carboxylic acids is 1. The molecule has 0 heterocycles. The number of hydrogen-bond acceptors (Lipinski definition) is 3. The zero-order chi connectivity index (χ0) is 10.3. The summed E-state index contributed by atoms with van der Waals surface area (Å²) in [5.74, 6) is -0.574. The minimum Gasteiger partial charge on any atom is -0.480 e. The number of carboxylic acids is 1. The van der Waals surface area contributed by atoms with Crippen LogP contribution in [0.1, 0.15) is 0 Å². The lowest BCUT2D eigenvalue weighted by Crippen LogP contribution is -2.42. The standard InChI is InChI=1S/C9H15NO2S/c1-3-5-10(6-4-2)8(7-13)9(11)12/h3-4,8,13H,1-2,5-7H2,(H,11,12)/t8-/m0/s1. The largest absolute Gasteiger partial charge is 0.480 e. The molecule has 0 aromatic rings. The highest BCUT2D eigenvalue weighted by Gasteiger charge is 2.21. The number of carbonyl (C=O) groups is 1. The molecular weight excluding hydrogens is 186 g/mol. The zero-order valence-electron chi connectivity index (χ0n) is 7.52. The molecule has 0 aliphatic rings. The van der Waals surface area contributed by atoms with Gasteiger partial charge in [-0.15, -0.1) is 13.2 Å². The molecule has 0 unspecified atom stereocenters. The predicted molar refractivity (Wildman–Crippen MR) is 57.2 cm³/mol. The van der Waals surface area contributed by atoms with Gasteiger partial charge in [-0.1, -0.05) is 12.2 Å². The molecule has 0 saturated carbocycles. The summed E-state index contributed by atoms with van der Waals surface area (Å²) in [4.78, 5) is 12.5. The Bertz CT molecular complexity index is 184. The van der Waals surface area contributed by atoms with Crippen molar-refractivity contribution >= 4 is 18.6 Å². The predicted octanol–water partition coefficient (Wildman–Crippen LogP) is 1.04.